The molecule has 0 saturated carbocycles. The summed E-state index contributed by atoms with van der Waals surface area (Å²) in [5.41, 5.74) is 0.210. The maximum Gasteiger partial charge on any atom is 0.311 e. The van der Waals surface area contributed by atoms with Crippen LogP contribution in [0.25, 0.3) is 0 Å². The molecule has 0 aromatic carbocycles. The number of carbonyl (C=O) groups excluding carboxylic acids is 1. The summed E-state index contributed by atoms with van der Waals surface area (Å²) in [7, 11) is 0. The fraction of sp³-hybridized carbons (Fsp3) is 0.400. The summed E-state index contributed by atoms with van der Waals surface area (Å²) >= 11 is 3.09. The van der Waals surface area contributed by atoms with Crippen LogP contribution in [0.15, 0.2) is 16.7 Å². The number of hydrogen-bond donors (Lipinski definition) is 0. The maximum absolute atomic E-state index is 12.3. The van der Waals surface area contributed by atoms with E-state index in [2.05, 4.69) is 20.9 Å². The van der Waals surface area contributed by atoms with Gasteiger partial charge < -0.3 is 4.74 Å². The Hall–Kier alpha value is -1.04. The van der Waals surface area contributed by atoms with Crippen molar-refractivity contribution >= 4 is 21.9 Å². The van der Waals surface area contributed by atoms with E-state index in [1.54, 1.807) is 6.92 Å². The number of ether oxygens (including phenoxy) is 1. The van der Waals surface area contributed by atoms with Crippen molar-refractivity contribution in [2.45, 2.75) is 19.8 Å². The zero-order valence-corrected chi connectivity index (χ0v) is 10.1. The van der Waals surface area contributed by atoms with Crippen LogP contribution in [-0.2, 0) is 16.0 Å². The first-order valence-electron chi connectivity index (χ1n) is 4.62. The molecule has 0 spiro atoms. The van der Waals surface area contributed by atoms with Gasteiger partial charge >= 0.3 is 5.97 Å². The van der Waals surface area contributed by atoms with Crippen molar-refractivity contribution in [2.24, 2.45) is 0 Å². The highest BCUT2D eigenvalue weighted by Gasteiger charge is 2.13. The average Bonchev–Trinajstić information content (AvgIpc) is 2.21. The summed E-state index contributed by atoms with van der Waals surface area (Å²) in [5.74, 6) is -0.430. The van der Waals surface area contributed by atoms with Gasteiger partial charge in [-0.1, -0.05) is 0 Å². The molecule has 0 radical (unpaired) electrons. The molecule has 0 fully saturated rings. The highest BCUT2D eigenvalue weighted by atomic mass is 79.9. The fourth-order valence-electron chi connectivity index (χ4n) is 1.08. The standard InChI is InChI=1S/C10H10BrF2NO2/c1-2-16-9(15)4-8-7(11)3-6(5-14-8)10(12)13/h3,5,10H,2,4H2,1H3. The highest BCUT2D eigenvalue weighted by Crippen LogP contribution is 2.23. The van der Waals surface area contributed by atoms with Crippen LogP contribution >= 0.6 is 15.9 Å². The van der Waals surface area contributed by atoms with E-state index >= 15 is 0 Å². The largest absolute Gasteiger partial charge is 0.466 e. The number of nitrogens with zero attached hydrogens (tertiary/aromatic N) is 1. The van der Waals surface area contributed by atoms with Crippen molar-refractivity contribution in [1.29, 1.82) is 0 Å². The summed E-state index contributed by atoms with van der Waals surface area (Å²) < 4.78 is 29.7. The summed E-state index contributed by atoms with van der Waals surface area (Å²) in [4.78, 5) is 14.9. The third kappa shape index (κ3) is 3.52. The van der Waals surface area contributed by atoms with Gasteiger partial charge in [-0.05, 0) is 28.9 Å². The quantitative estimate of drug-likeness (QED) is 0.802. The minimum absolute atomic E-state index is 0.0298. The van der Waals surface area contributed by atoms with Crippen LogP contribution in [0.5, 0.6) is 0 Å². The molecule has 0 N–H and O–H groups in total. The van der Waals surface area contributed by atoms with Gasteiger partial charge in [0, 0.05) is 16.2 Å². The van der Waals surface area contributed by atoms with Crippen LogP contribution in [0, 0.1) is 0 Å². The van der Waals surface area contributed by atoms with Crippen molar-refractivity contribution in [3.05, 3.63) is 28.0 Å². The van der Waals surface area contributed by atoms with Crippen LogP contribution in [0.2, 0.25) is 0 Å². The number of alkyl halides is 2. The third-order valence-corrected chi connectivity index (χ3v) is 2.49. The third-order valence-electron chi connectivity index (χ3n) is 1.81. The van der Waals surface area contributed by atoms with Crippen LogP contribution < -0.4 is 0 Å². The molecule has 0 aliphatic heterocycles. The van der Waals surface area contributed by atoms with Crippen molar-refractivity contribution in [3.63, 3.8) is 0 Å². The lowest BCUT2D eigenvalue weighted by atomic mass is 10.2. The number of esters is 1. The second kappa shape index (κ2) is 5.89. The molecular weight excluding hydrogens is 284 g/mol. The molecule has 1 heterocycles. The van der Waals surface area contributed by atoms with E-state index in [-0.39, 0.29) is 18.6 Å². The lowest BCUT2D eigenvalue weighted by Gasteiger charge is -2.05. The Morgan fingerprint density at radius 2 is 2.31 bits per heavy atom. The Morgan fingerprint density at radius 1 is 1.62 bits per heavy atom. The van der Waals surface area contributed by atoms with E-state index in [1.807, 2.05) is 0 Å². The summed E-state index contributed by atoms with van der Waals surface area (Å²) in [6, 6.07) is 1.26. The van der Waals surface area contributed by atoms with Crippen molar-refractivity contribution in [2.75, 3.05) is 6.61 Å². The molecule has 0 bridgehead atoms. The van der Waals surface area contributed by atoms with Crippen molar-refractivity contribution in [1.82, 2.24) is 4.98 Å². The zero-order chi connectivity index (χ0) is 12.1. The predicted molar refractivity (Wildman–Crippen MR) is 57.2 cm³/mol. The number of carbonyl (C=O) groups is 1. The minimum Gasteiger partial charge on any atom is -0.466 e. The highest BCUT2D eigenvalue weighted by molar-refractivity contribution is 9.10. The second-order valence-corrected chi connectivity index (χ2v) is 3.83. The second-order valence-electron chi connectivity index (χ2n) is 2.98. The molecule has 0 atom stereocenters. The number of aromatic nitrogens is 1. The average molecular weight is 294 g/mol. The topological polar surface area (TPSA) is 39.2 Å². The minimum atomic E-state index is -2.57. The van der Waals surface area contributed by atoms with Crippen LogP contribution in [0.1, 0.15) is 24.6 Å². The van der Waals surface area contributed by atoms with Gasteiger partial charge in [0.15, 0.2) is 0 Å². The molecule has 0 aliphatic carbocycles. The maximum atomic E-state index is 12.3. The van der Waals surface area contributed by atoms with Gasteiger partial charge in [0.1, 0.15) is 0 Å². The Morgan fingerprint density at radius 3 is 2.81 bits per heavy atom. The van der Waals surface area contributed by atoms with Gasteiger partial charge in [-0.15, -0.1) is 0 Å². The molecule has 0 saturated heterocycles. The fourth-order valence-corrected chi connectivity index (χ4v) is 1.59. The van der Waals surface area contributed by atoms with Gasteiger partial charge in [-0.2, -0.15) is 0 Å². The number of rotatable bonds is 4. The number of pyridine rings is 1. The van der Waals surface area contributed by atoms with Crippen LogP contribution in [-0.4, -0.2) is 17.6 Å². The summed E-state index contributed by atoms with van der Waals surface area (Å²) in [6.45, 7) is 1.98. The molecule has 1 aromatic rings. The van der Waals surface area contributed by atoms with Gasteiger partial charge in [0.05, 0.1) is 18.7 Å². The predicted octanol–water partition coefficient (Wildman–Crippen LogP) is 2.89. The first-order chi connectivity index (χ1) is 7.54. The molecule has 3 nitrogen and oxygen atoms in total. The van der Waals surface area contributed by atoms with Gasteiger partial charge in [0.25, 0.3) is 6.43 Å². The summed E-state index contributed by atoms with van der Waals surface area (Å²) in [6.07, 6.45) is -1.54. The molecule has 1 rings (SSSR count). The van der Waals surface area contributed by atoms with E-state index in [1.165, 1.54) is 6.07 Å². The number of hydrogen-bond acceptors (Lipinski definition) is 3. The van der Waals surface area contributed by atoms with E-state index < -0.39 is 12.4 Å². The first-order valence-corrected chi connectivity index (χ1v) is 5.42. The smallest absolute Gasteiger partial charge is 0.311 e. The van der Waals surface area contributed by atoms with E-state index in [4.69, 9.17) is 4.74 Å². The van der Waals surface area contributed by atoms with Crippen molar-refractivity contribution in [3.8, 4) is 0 Å². The monoisotopic (exact) mass is 293 g/mol. The van der Waals surface area contributed by atoms with Gasteiger partial charge in [0.2, 0.25) is 0 Å². The molecule has 0 unspecified atom stereocenters. The lowest BCUT2D eigenvalue weighted by Crippen LogP contribution is -2.09. The molecular formula is C10H10BrF2NO2. The summed E-state index contributed by atoms with van der Waals surface area (Å²) in [5, 5.41) is 0. The van der Waals surface area contributed by atoms with Crippen LogP contribution in [0.3, 0.4) is 0 Å². The molecule has 0 amide bonds. The van der Waals surface area contributed by atoms with Crippen molar-refractivity contribution < 1.29 is 18.3 Å². The Balaban J connectivity index is 2.79. The van der Waals surface area contributed by atoms with E-state index in [0.717, 1.165) is 6.20 Å². The molecule has 6 heteroatoms. The Labute approximate surface area is 99.9 Å². The number of halogens is 3. The molecule has 1 aromatic heterocycles. The normalized spacial score (nSPS) is 10.6. The molecule has 88 valence electrons. The lowest BCUT2D eigenvalue weighted by molar-refractivity contribution is -0.142. The SMILES string of the molecule is CCOC(=O)Cc1ncc(C(F)F)cc1Br. The van der Waals surface area contributed by atoms with Gasteiger partial charge in [-0.3, -0.25) is 9.78 Å². The Bertz CT molecular complexity index is 385. The molecule has 0 aliphatic rings. The Kier molecular flexibility index (Phi) is 4.79. The van der Waals surface area contributed by atoms with E-state index in [9.17, 15) is 13.6 Å². The van der Waals surface area contributed by atoms with Gasteiger partial charge in [-0.25, -0.2) is 8.78 Å². The molecule has 16 heavy (non-hydrogen) atoms. The van der Waals surface area contributed by atoms with Crippen LogP contribution in [0.4, 0.5) is 8.78 Å². The zero-order valence-electron chi connectivity index (χ0n) is 8.54. The van der Waals surface area contributed by atoms with E-state index in [0.29, 0.717) is 10.2 Å². The first kappa shape index (κ1) is 13.0.